The fourth-order valence-corrected chi connectivity index (χ4v) is 0.729. The van der Waals surface area contributed by atoms with Crippen LogP contribution >= 0.6 is 0 Å². The molecule has 0 atom stereocenters. The molecule has 0 aromatic carbocycles. The fraction of sp³-hybridized carbons (Fsp3) is 0.333. The Morgan fingerprint density at radius 1 is 1.78 bits per heavy atom. The summed E-state index contributed by atoms with van der Waals surface area (Å²) in [5.41, 5.74) is 0.965. The molecule has 48 valence electrons. The van der Waals surface area contributed by atoms with Gasteiger partial charge in [-0.2, -0.15) is 4.91 Å². The molecule has 0 unspecified atom stereocenters. The molecule has 0 aliphatic heterocycles. The molecule has 9 heavy (non-hydrogen) atoms. The molecular formula is C6H8N2O. The first-order chi connectivity index (χ1) is 4.33. The Kier molecular flexibility index (Phi) is 1.63. The molecule has 0 aliphatic rings. The Hall–Kier alpha value is -1.12. The van der Waals surface area contributed by atoms with Crippen LogP contribution in [0.2, 0.25) is 0 Å². The van der Waals surface area contributed by atoms with E-state index in [0.29, 0.717) is 0 Å². The van der Waals surface area contributed by atoms with Crippen LogP contribution in [0.15, 0.2) is 23.6 Å². The van der Waals surface area contributed by atoms with E-state index in [2.05, 4.69) is 5.18 Å². The van der Waals surface area contributed by atoms with E-state index in [9.17, 15) is 4.91 Å². The number of nitroso groups, excluding NO2 is 1. The lowest BCUT2D eigenvalue weighted by molar-refractivity contribution is 0.915. The molecule has 0 aliphatic carbocycles. The van der Waals surface area contributed by atoms with E-state index in [1.807, 2.05) is 30.1 Å². The van der Waals surface area contributed by atoms with E-state index in [1.165, 1.54) is 0 Å². The van der Waals surface area contributed by atoms with Crippen LogP contribution in [0, 0.1) is 4.91 Å². The molecule has 3 nitrogen and oxygen atoms in total. The summed E-state index contributed by atoms with van der Waals surface area (Å²) in [6.45, 7) is 0.279. The van der Waals surface area contributed by atoms with Gasteiger partial charge in [0.15, 0.2) is 0 Å². The van der Waals surface area contributed by atoms with Crippen LogP contribution in [-0.4, -0.2) is 4.57 Å². The van der Waals surface area contributed by atoms with Crippen molar-refractivity contribution in [2.45, 2.75) is 6.54 Å². The molecule has 1 aromatic rings. The molecule has 1 rings (SSSR count). The van der Waals surface area contributed by atoms with Crippen molar-refractivity contribution in [2.75, 3.05) is 0 Å². The van der Waals surface area contributed by atoms with Crippen LogP contribution in [0.4, 0.5) is 0 Å². The third kappa shape index (κ3) is 1.38. The summed E-state index contributed by atoms with van der Waals surface area (Å²) >= 11 is 0. The molecule has 0 fully saturated rings. The van der Waals surface area contributed by atoms with Crippen molar-refractivity contribution < 1.29 is 0 Å². The van der Waals surface area contributed by atoms with Gasteiger partial charge in [0.25, 0.3) is 0 Å². The van der Waals surface area contributed by atoms with Crippen LogP contribution in [0.5, 0.6) is 0 Å². The lowest BCUT2D eigenvalue weighted by Gasteiger charge is -1.83. The molecule has 0 spiro atoms. The molecule has 0 bridgehead atoms. The standard InChI is InChI=1S/C6H8N2O/c1-8-3-2-6(5-8)4-7-9/h2-3,5H,4H2,1H3. The quantitative estimate of drug-likeness (QED) is 0.547. The summed E-state index contributed by atoms with van der Waals surface area (Å²) < 4.78 is 1.89. The molecule has 0 radical (unpaired) electrons. The van der Waals surface area contributed by atoms with Gasteiger partial charge >= 0.3 is 0 Å². The normalized spacial score (nSPS) is 9.44. The van der Waals surface area contributed by atoms with E-state index < -0.39 is 0 Å². The molecule has 0 N–H and O–H groups in total. The highest BCUT2D eigenvalue weighted by Crippen LogP contribution is 1.99. The maximum Gasteiger partial charge on any atom is 0.108 e. The van der Waals surface area contributed by atoms with Crippen LogP contribution in [0.3, 0.4) is 0 Å². The van der Waals surface area contributed by atoms with E-state index in [0.717, 1.165) is 5.56 Å². The monoisotopic (exact) mass is 124 g/mol. The lowest BCUT2D eigenvalue weighted by atomic mass is 10.3. The van der Waals surface area contributed by atoms with Gasteiger partial charge in [-0.15, -0.1) is 0 Å². The zero-order chi connectivity index (χ0) is 6.69. The Morgan fingerprint density at radius 3 is 3.00 bits per heavy atom. The summed E-state index contributed by atoms with van der Waals surface area (Å²) in [4.78, 5) is 9.72. The van der Waals surface area contributed by atoms with Gasteiger partial charge in [-0.3, -0.25) is 0 Å². The summed E-state index contributed by atoms with van der Waals surface area (Å²) in [6, 6.07) is 1.88. The number of hydrogen-bond acceptors (Lipinski definition) is 2. The number of hydrogen-bond donors (Lipinski definition) is 0. The van der Waals surface area contributed by atoms with Gasteiger partial charge in [-0.25, -0.2) is 0 Å². The maximum absolute atomic E-state index is 9.72. The minimum absolute atomic E-state index is 0.279. The lowest BCUT2D eigenvalue weighted by Crippen LogP contribution is -1.79. The number of aromatic nitrogens is 1. The van der Waals surface area contributed by atoms with E-state index in [1.54, 1.807) is 0 Å². The zero-order valence-electron chi connectivity index (χ0n) is 5.24. The van der Waals surface area contributed by atoms with Crippen LogP contribution < -0.4 is 0 Å². The van der Waals surface area contributed by atoms with Crippen molar-refractivity contribution in [1.82, 2.24) is 4.57 Å². The van der Waals surface area contributed by atoms with Crippen molar-refractivity contribution >= 4 is 0 Å². The van der Waals surface area contributed by atoms with Gasteiger partial charge in [-0.05, 0) is 11.6 Å². The second kappa shape index (κ2) is 2.44. The summed E-state index contributed by atoms with van der Waals surface area (Å²) in [5, 5.41) is 2.76. The predicted octanol–water partition coefficient (Wildman–Crippen LogP) is 1.29. The maximum atomic E-state index is 9.72. The van der Waals surface area contributed by atoms with Crippen molar-refractivity contribution in [3.63, 3.8) is 0 Å². The minimum atomic E-state index is 0.279. The molecule has 3 heteroatoms. The molecule has 1 heterocycles. The average molecular weight is 124 g/mol. The molecule has 0 saturated carbocycles. The van der Waals surface area contributed by atoms with E-state index in [4.69, 9.17) is 0 Å². The molecular weight excluding hydrogens is 116 g/mol. The molecule has 1 aromatic heterocycles. The summed E-state index contributed by atoms with van der Waals surface area (Å²) in [6.07, 6.45) is 3.77. The highest BCUT2D eigenvalue weighted by molar-refractivity contribution is 5.09. The van der Waals surface area contributed by atoms with Gasteiger partial charge in [0, 0.05) is 19.4 Å². The van der Waals surface area contributed by atoms with Crippen molar-refractivity contribution in [3.8, 4) is 0 Å². The molecule has 0 amide bonds. The van der Waals surface area contributed by atoms with Crippen molar-refractivity contribution in [1.29, 1.82) is 0 Å². The zero-order valence-corrected chi connectivity index (χ0v) is 5.24. The highest BCUT2D eigenvalue weighted by atomic mass is 16.3. The van der Waals surface area contributed by atoms with Gasteiger partial charge < -0.3 is 4.57 Å². The van der Waals surface area contributed by atoms with Crippen LogP contribution in [0.1, 0.15) is 5.56 Å². The smallest absolute Gasteiger partial charge is 0.108 e. The second-order valence-corrected chi connectivity index (χ2v) is 1.97. The number of aryl methyl sites for hydroxylation is 1. The van der Waals surface area contributed by atoms with E-state index >= 15 is 0 Å². The predicted molar refractivity (Wildman–Crippen MR) is 34.9 cm³/mol. The SMILES string of the molecule is Cn1ccc(CN=O)c1. The second-order valence-electron chi connectivity index (χ2n) is 1.97. The number of nitrogens with zero attached hydrogens (tertiary/aromatic N) is 2. The first kappa shape index (κ1) is 6.01. The molecule has 0 saturated heterocycles. The minimum Gasteiger partial charge on any atom is -0.357 e. The third-order valence-corrected chi connectivity index (χ3v) is 1.14. The first-order valence-electron chi connectivity index (χ1n) is 2.73. The first-order valence-corrected chi connectivity index (χ1v) is 2.73. The van der Waals surface area contributed by atoms with Crippen LogP contribution in [-0.2, 0) is 13.6 Å². The highest BCUT2D eigenvalue weighted by Gasteiger charge is 1.90. The fourth-order valence-electron chi connectivity index (χ4n) is 0.729. The Labute approximate surface area is 53.3 Å². The van der Waals surface area contributed by atoms with E-state index in [-0.39, 0.29) is 6.54 Å². The van der Waals surface area contributed by atoms with Gasteiger partial charge in [-0.1, -0.05) is 5.18 Å². The topological polar surface area (TPSA) is 34.4 Å². The third-order valence-electron chi connectivity index (χ3n) is 1.14. The average Bonchev–Trinajstić information content (AvgIpc) is 2.17. The van der Waals surface area contributed by atoms with Crippen molar-refractivity contribution in [2.24, 2.45) is 12.2 Å². The van der Waals surface area contributed by atoms with Gasteiger partial charge in [0.05, 0.1) is 0 Å². The largest absolute Gasteiger partial charge is 0.357 e. The summed E-state index contributed by atoms with van der Waals surface area (Å²) in [5.74, 6) is 0. The van der Waals surface area contributed by atoms with Crippen molar-refractivity contribution in [3.05, 3.63) is 28.9 Å². The number of rotatable bonds is 2. The Bertz CT molecular complexity index is 205. The van der Waals surface area contributed by atoms with Gasteiger partial charge in [0.1, 0.15) is 6.54 Å². The van der Waals surface area contributed by atoms with Gasteiger partial charge in [0.2, 0.25) is 0 Å². The van der Waals surface area contributed by atoms with Crippen LogP contribution in [0.25, 0.3) is 0 Å². The summed E-state index contributed by atoms with van der Waals surface area (Å²) in [7, 11) is 1.91. The Morgan fingerprint density at radius 2 is 2.56 bits per heavy atom. The Balaban J connectivity index is 2.72.